The molecule has 1 unspecified atom stereocenters. The Balaban J connectivity index is 1.40. The summed E-state index contributed by atoms with van der Waals surface area (Å²) in [5.74, 6) is 0.642. The smallest absolute Gasteiger partial charge is 0.406 e. The Morgan fingerprint density at radius 1 is 1.26 bits per heavy atom. The van der Waals surface area contributed by atoms with Crippen LogP contribution < -0.4 is 16.5 Å². The Kier molecular flexibility index (Phi) is 8.51. The van der Waals surface area contributed by atoms with Crippen molar-refractivity contribution in [1.82, 2.24) is 14.6 Å². The normalized spacial score (nSPS) is 22.0. The molecule has 1 saturated heterocycles. The van der Waals surface area contributed by atoms with Crippen LogP contribution in [0.1, 0.15) is 23.1 Å². The van der Waals surface area contributed by atoms with Gasteiger partial charge in [-0.3, -0.25) is 13.6 Å². The van der Waals surface area contributed by atoms with Crippen molar-refractivity contribution in [3.8, 4) is 0 Å². The van der Waals surface area contributed by atoms with E-state index in [4.69, 9.17) is 19.2 Å². The molecule has 182 valence electrons. The average molecular weight is 618 g/mol. The molecule has 0 bridgehead atoms. The van der Waals surface area contributed by atoms with Gasteiger partial charge in [0, 0.05) is 18.0 Å². The Morgan fingerprint density at radius 2 is 2.06 bits per heavy atom. The number of hydrogen-bond donors (Lipinski definition) is 3. The number of hydrogen-bond acceptors (Lipinski definition) is 9. The molecule has 1 aromatic carbocycles. The lowest BCUT2D eigenvalue weighted by atomic mass is 10.2. The highest BCUT2D eigenvalue weighted by Gasteiger charge is 2.37. The largest absolute Gasteiger partial charge is 0.453 e. The van der Waals surface area contributed by atoms with Gasteiger partial charge in [-0.2, -0.15) is 4.98 Å². The van der Waals surface area contributed by atoms with Gasteiger partial charge in [0.2, 0.25) is 0 Å². The van der Waals surface area contributed by atoms with Crippen molar-refractivity contribution >= 4 is 47.9 Å². The van der Waals surface area contributed by atoms with Crippen LogP contribution in [0.3, 0.4) is 0 Å². The average Bonchev–Trinajstić information content (AvgIpc) is 3.41. The SMILES string of the molecule is Nc1ccn([C@@H]2S[C@H](COP(=O)(NCc3ccccc3)OCc3ccc(I)o3)C[C@@H]2O)c(=O)n1. The second-order valence-corrected chi connectivity index (χ2v) is 11.9. The summed E-state index contributed by atoms with van der Waals surface area (Å²) in [4.78, 5) is 15.9. The number of benzene rings is 1. The van der Waals surface area contributed by atoms with Gasteiger partial charge in [-0.05, 0) is 52.8 Å². The Bertz CT molecular complexity index is 1210. The van der Waals surface area contributed by atoms with E-state index < -0.39 is 24.9 Å². The van der Waals surface area contributed by atoms with Gasteiger partial charge < -0.3 is 15.3 Å². The number of rotatable bonds is 10. The van der Waals surface area contributed by atoms with E-state index in [1.54, 1.807) is 12.1 Å². The molecule has 10 nitrogen and oxygen atoms in total. The zero-order chi connectivity index (χ0) is 24.1. The van der Waals surface area contributed by atoms with E-state index >= 15 is 0 Å². The molecular formula is C21H24IN4O6PS. The van der Waals surface area contributed by atoms with Gasteiger partial charge in [-0.15, -0.1) is 11.8 Å². The fraction of sp³-hybridized carbons (Fsp3) is 0.333. The highest BCUT2D eigenvalue weighted by atomic mass is 127. The monoisotopic (exact) mass is 618 g/mol. The van der Waals surface area contributed by atoms with Gasteiger partial charge in [0.15, 0.2) is 3.77 Å². The molecule has 1 aliphatic rings. The second-order valence-electron chi connectivity index (χ2n) is 7.59. The number of furan rings is 1. The Hall–Kier alpha value is -1.67. The van der Waals surface area contributed by atoms with Crippen LogP contribution >= 0.6 is 42.1 Å². The molecule has 34 heavy (non-hydrogen) atoms. The number of aromatic nitrogens is 2. The van der Waals surface area contributed by atoms with Crippen molar-refractivity contribution in [3.05, 3.63) is 80.3 Å². The molecule has 0 aliphatic carbocycles. The first-order chi connectivity index (χ1) is 16.3. The Labute approximate surface area is 214 Å². The summed E-state index contributed by atoms with van der Waals surface area (Å²) < 4.78 is 32.4. The van der Waals surface area contributed by atoms with Crippen LogP contribution in [-0.4, -0.2) is 32.6 Å². The standard InChI is InChI=1S/C21H24IN4O6PS/c22-18-7-6-15(32-18)12-30-33(29,24-11-14-4-2-1-3-5-14)31-13-16-10-17(27)20(34-16)26-9-8-19(23)25-21(26)28/h1-9,16-17,20,27H,10-13H2,(H,24,29)(H2,23,25,28)/t16-,17-,20+,33?/m0/s1. The van der Waals surface area contributed by atoms with E-state index in [0.717, 1.165) is 5.56 Å². The van der Waals surface area contributed by atoms with E-state index in [2.05, 4.69) is 10.1 Å². The number of nitrogens with zero attached hydrogens (tertiary/aromatic N) is 2. The van der Waals surface area contributed by atoms with Crippen LogP contribution in [-0.2, 0) is 26.8 Å². The number of thioether (sulfide) groups is 1. The maximum Gasteiger partial charge on any atom is 0.406 e. The van der Waals surface area contributed by atoms with Crippen LogP contribution in [0.4, 0.5) is 5.82 Å². The van der Waals surface area contributed by atoms with Crippen molar-refractivity contribution in [2.45, 2.75) is 36.3 Å². The highest BCUT2D eigenvalue weighted by Crippen LogP contribution is 2.48. The molecule has 0 radical (unpaired) electrons. The number of aliphatic hydroxyl groups excluding tert-OH is 1. The van der Waals surface area contributed by atoms with E-state index in [-0.39, 0.29) is 30.8 Å². The quantitative estimate of drug-likeness (QED) is 0.228. The summed E-state index contributed by atoms with van der Waals surface area (Å²) in [6.45, 7) is 0.297. The molecule has 4 rings (SSSR count). The predicted molar refractivity (Wildman–Crippen MR) is 137 cm³/mol. The van der Waals surface area contributed by atoms with E-state index in [1.165, 1.54) is 28.6 Å². The van der Waals surface area contributed by atoms with Gasteiger partial charge in [-0.1, -0.05) is 30.3 Å². The summed E-state index contributed by atoms with van der Waals surface area (Å²) in [5, 5.41) is 12.7. The fourth-order valence-corrected chi connectivity index (χ4v) is 6.68. The van der Waals surface area contributed by atoms with Crippen molar-refractivity contribution in [2.24, 2.45) is 0 Å². The maximum absolute atomic E-state index is 13.5. The van der Waals surface area contributed by atoms with Crippen molar-refractivity contribution < 1.29 is 23.1 Å². The summed E-state index contributed by atoms with van der Waals surface area (Å²) in [6.07, 6.45) is 1.06. The third-order valence-corrected chi connectivity index (χ3v) is 8.66. The molecule has 3 aromatic rings. The van der Waals surface area contributed by atoms with Gasteiger partial charge in [0.25, 0.3) is 0 Å². The molecule has 13 heteroatoms. The number of nitrogens with two attached hydrogens (primary N) is 1. The van der Waals surface area contributed by atoms with Crippen LogP contribution in [0.5, 0.6) is 0 Å². The van der Waals surface area contributed by atoms with Crippen LogP contribution in [0, 0.1) is 3.77 Å². The molecule has 1 aliphatic heterocycles. The summed E-state index contributed by atoms with van der Waals surface area (Å²) >= 11 is 3.39. The molecule has 0 amide bonds. The van der Waals surface area contributed by atoms with Gasteiger partial charge >= 0.3 is 13.4 Å². The zero-order valence-corrected chi connectivity index (χ0v) is 21.8. The zero-order valence-electron chi connectivity index (χ0n) is 18.0. The highest BCUT2D eigenvalue weighted by molar-refractivity contribution is 14.1. The van der Waals surface area contributed by atoms with Crippen molar-refractivity contribution in [2.75, 3.05) is 12.3 Å². The number of aliphatic hydroxyl groups is 1. The van der Waals surface area contributed by atoms with Crippen LogP contribution in [0.2, 0.25) is 0 Å². The molecule has 3 heterocycles. The second kappa shape index (κ2) is 11.4. The summed E-state index contributed by atoms with van der Waals surface area (Å²) in [5.41, 5.74) is 5.94. The lowest BCUT2D eigenvalue weighted by Gasteiger charge is -2.21. The lowest BCUT2D eigenvalue weighted by Crippen LogP contribution is -2.29. The molecule has 0 saturated carbocycles. The first-order valence-corrected chi connectivity index (χ1v) is 14.0. The van der Waals surface area contributed by atoms with Crippen molar-refractivity contribution in [3.63, 3.8) is 0 Å². The summed E-state index contributed by atoms with van der Waals surface area (Å²) in [7, 11) is -3.73. The lowest BCUT2D eigenvalue weighted by molar-refractivity contribution is 0.137. The first-order valence-electron chi connectivity index (χ1n) is 10.4. The van der Waals surface area contributed by atoms with E-state index in [1.807, 2.05) is 52.9 Å². The van der Waals surface area contributed by atoms with Crippen LogP contribution in [0.25, 0.3) is 0 Å². The molecule has 4 atom stereocenters. The van der Waals surface area contributed by atoms with Gasteiger partial charge in [0.05, 0.1) is 12.7 Å². The summed E-state index contributed by atoms with van der Waals surface area (Å²) in [6, 6.07) is 14.5. The molecule has 2 aromatic heterocycles. The van der Waals surface area contributed by atoms with Crippen molar-refractivity contribution in [1.29, 1.82) is 0 Å². The topological polar surface area (TPSA) is 142 Å². The number of halogens is 1. The molecular weight excluding hydrogens is 594 g/mol. The van der Waals surface area contributed by atoms with E-state index in [9.17, 15) is 14.5 Å². The van der Waals surface area contributed by atoms with E-state index in [0.29, 0.717) is 15.9 Å². The third kappa shape index (κ3) is 6.72. The fourth-order valence-electron chi connectivity index (χ4n) is 3.38. The van der Waals surface area contributed by atoms with Gasteiger partial charge in [0.1, 0.15) is 23.6 Å². The number of anilines is 1. The maximum atomic E-state index is 13.5. The molecule has 4 N–H and O–H groups in total. The first kappa shape index (κ1) is 25.4. The predicted octanol–water partition coefficient (Wildman–Crippen LogP) is 3.52. The minimum atomic E-state index is -3.73. The number of nitrogen functional groups attached to an aromatic ring is 1. The Morgan fingerprint density at radius 3 is 2.76 bits per heavy atom. The van der Waals surface area contributed by atoms with Crippen LogP contribution in [0.15, 0.2) is 63.9 Å². The minimum absolute atomic E-state index is 0.0301. The van der Waals surface area contributed by atoms with Gasteiger partial charge in [-0.25, -0.2) is 14.4 Å². The molecule has 1 fully saturated rings. The molecule has 0 spiro atoms. The number of nitrogens with one attached hydrogen (secondary N) is 1. The third-order valence-electron chi connectivity index (χ3n) is 5.05. The minimum Gasteiger partial charge on any atom is -0.453 e.